The van der Waals surface area contributed by atoms with Crippen molar-refractivity contribution in [2.24, 2.45) is 0 Å². The second-order valence-electron chi connectivity index (χ2n) is 5.23. The minimum absolute atomic E-state index is 0.0142. The number of nitrogens with one attached hydrogen (secondary N) is 2. The minimum atomic E-state index is -0.239. The van der Waals surface area contributed by atoms with Crippen LogP contribution in [-0.4, -0.2) is 40.8 Å². The van der Waals surface area contributed by atoms with E-state index in [4.69, 9.17) is 0 Å². The molecule has 22 heavy (non-hydrogen) atoms. The van der Waals surface area contributed by atoms with Crippen LogP contribution in [0.5, 0.6) is 0 Å². The summed E-state index contributed by atoms with van der Waals surface area (Å²) in [4.78, 5) is 36.4. The molecule has 1 saturated heterocycles. The Morgan fingerprint density at radius 2 is 2.00 bits per heavy atom. The van der Waals surface area contributed by atoms with Crippen molar-refractivity contribution in [1.29, 1.82) is 0 Å². The van der Waals surface area contributed by atoms with Crippen LogP contribution in [0.15, 0.2) is 12.1 Å². The van der Waals surface area contributed by atoms with Crippen molar-refractivity contribution >= 4 is 40.9 Å². The third kappa shape index (κ3) is 3.79. The van der Waals surface area contributed by atoms with Crippen LogP contribution in [0.3, 0.4) is 0 Å². The molecule has 6 nitrogen and oxygen atoms in total. The fraction of sp³-hybridized carbons (Fsp3) is 0.400. The van der Waals surface area contributed by atoms with Crippen molar-refractivity contribution in [1.82, 2.24) is 4.90 Å². The summed E-state index contributed by atoms with van der Waals surface area (Å²) in [6, 6.07) is 3.64. The molecule has 2 rings (SSSR count). The maximum Gasteiger partial charge on any atom is 0.244 e. The first-order valence-electron chi connectivity index (χ1n) is 6.91. The maximum absolute atomic E-state index is 12.1. The van der Waals surface area contributed by atoms with E-state index >= 15 is 0 Å². The van der Waals surface area contributed by atoms with E-state index in [1.807, 2.05) is 19.9 Å². The molecule has 0 spiro atoms. The van der Waals surface area contributed by atoms with Crippen LogP contribution < -0.4 is 10.6 Å². The topological polar surface area (TPSA) is 78.5 Å². The highest BCUT2D eigenvalue weighted by atomic mass is 32.2. The molecule has 2 N–H and O–H groups in total. The monoisotopic (exact) mass is 321 g/mol. The van der Waals surface area contributed by atoms with Crippen molar-refractivity contribution in [2.75, 3.05) is 28.8 Å². The zero-order valence-electron chi connectivity index (χ0n) is 12.9. The summed E-state index contributed by atoms with van der Waals surface area (Å²) in [5.41, 5.74) is 3.07. The molecule has 1 aromatic carbocycles. The fourth-order valence-electron chi connectivity index (χ4n) is 2.25. The Morgan fingerprint density at radius 3 is 2.59 bits per heavy atom. The molecule has 1 fully saturated rings. The first-order chi connectivity index (χ1) is 10.4. The fourth-order valence-corrected chi connectivity index (χ4v) is 3.16. The van der Waals surface area contributed by atoms with Crippen LogP contribution in [0.25, 0.3) is 0 Å². The number of benzene rings is 1. The van der Waals surface area contributed by atoms with E-state index in [9.17, 15) is 14.4 Å². The molecule has 0 bridgehead atoms. The van der Waals surface area contributed by atoms with E-state index in [1.54, 1.807) is 6.07 Å². The number of hydrogen-bond donors (Lipinski definition) is 2. The molecule has 7 heteroatoms. The van der Waals surface area contributed by atoms with Crippen molar-refractivity contribution in [3.8, 4) is 0 Å². The van der Waals surface area contributed by atoms with Crippen LogP contribution >= 0.6 is 11.8 Å². The molecule has 118 valence electrons. The average Bonchev–Trinajstić information content (AvgIpc) is 2.83. The predicted molar refractivity (Wildman–Crippen MR) is 87.9 cm³/mol. The summed E-state index contributed by atoms with van der Waals surface area (Å²) < 4.78 is 0. The van der Waals surface area contributed by atoms with Crippen LogP contribution in [0.4, 0.5) is 11.4 Å². The van der Waals surface area contributed by atoms with Gasteiger partial charge in [0.1, 0.15) is 6.54 Å². The molecule has 0 atom stereocenters. The lowest BCUT2D eigenvalue weighted by molar-refractivity contribution is -0.130. The van der Waals surface area contributed by atoms with E-state index in [0.29, 0.717) is 23.0 Å². The first-order valence-corrected chi connectivity index (χ1v) is 8.07. The molecular formula is C15H19N3O3S. The molecule has 1 heterocycles. The minimum Gasteiger partial charge on any atom is -0.326 e. The average molecular weight is 321 g/mol. The van der Waals surface area contributed by atoms with Crippen molar-refractivity contribution in [3.63, 3.8) is 0 Å². The van der Waals surface area contributed by atoms with Gasteiger partial charge in [-0.2, -0.15) is 0 Å². The van der Waals surface area contributed by atoms with E-state index in [0.717, 1.165) is 11.1 Å². The van der Waals surface area contributed by atoms with Crippen molar-refractivity contribution < 1.29 is 14.4 Å². The largest absolute Gasteiger partial charge is 0.326 e. The number of aryl methyl sites for hydroxylation is 1. The second-order valence-corrected chi connectivity index (χ2v) is 6.18. The summed E-state index contributed by atoms with van der Waals surface area (Å²) in [7, 11) is 0. The standard InChI is InChI=1S/C15H19N3O3S/c1-9-4-5-12(10(2)15(9)16-11(3)19)17-13(20)6-18-8-22-7-14(18)21/h4-5H,6-8H2,1-3H3,(H,16,19)(H,17,20). The lowest BCUT2D eigenvalue weighted by atomic mass is 10.1. The van der Waals surface area contributed by atoms with Crippen LogP contribution in [0.2, 0.25) is 0 Å². The van der Waals surface area contributed by atoms with Gasteiger partial charge < -0.3 is 15.5 Å². The van der Waals surface area contributed by atoms with E-state index in [1.165, 1.54) is 23.6 Å². The van der Waals surface area contributed by atoms with Gasteiger partial charge in [0.25, 0.3) is 0 Å². The molecule has 1 aliphatic heterocycles. The van der Waals surface area contributed by atoms with Gasteiger partial charge in [-0.1, -0.05) is 6.07 Å². The summed E-state index contributed by atoms with van der Waals surface area (Å²) in [5, 5.41) is 5.58. The lowest BCUT2D eigenvalue weighted by Crippen LogP contribution is -2.34. The van der Waals surface area contributed by atoms with Gasteiger partial charge >= 0.3 is 0 Å². The SMILES string of the molecule is CC(=O)Nc1c(C)ccc(NC(=O)CN2CSCC2=O)c1C. The summed E-state index contributed by atoms with van der Waals surface area (Å²) in [6.45, 7) is 5.23. The Bertz CT molecular complexity index is 631. The first kappa shape index (κ1) is 16.4. The Hall–Kier alpha value is -2.02. The van der Waals surface area contributed by atoms with Gasteiger partial charge in [0.2, 0.25) is 17.7 Å². The van der Waals surface area contributed by atoms with E-state index in [2.05, 4.69) is 10.6 Å². The van der Waals surface area contributed by atoms with Gasteiger partial charge in [-0.15, -0.1) is 11.8 Å². The van der Waals surface area contributed by atoms with Gasteiger partial charge in [0, 0.05) is 18.3 Å². The zero-order valence-corrected chi connectivity index (χ0v) is 13.7. The summed E-state index contributed by atoms with van der Waals surface area (Å²) >= 11 is 1.50. The normalized spacial score (nSPS) is 14.1. The van der Waals surface area contributed by atoms with Gasteiger partial charge in [-0.05, 0) is 31.0 Å². The summed E-state index contributed by atoms with van der Waals surface area (Å²) in [6.07, 6.45) is 0. The number of anilines is 2. The highest BCUT2D eigenvalue weighted by Gasteiger charge is 2.23. The van der Waals surface area contributed by atoms with Gasteiger partial charge in [0.05, 0.1) is 11.6 Å². The second kappa shape index (κ2) is 6.83. The van der Waals surface area contributed by atoms with Gasteiger partial charge in [0.15, 0.2) is 0 Å². The third-order valence-electron chi connectivity index (χ3n) is 3.41. The Labute approximate surface area is 133 Å². The highest BCUT2D eigenvalue weighted by Crippen LogP contribution is 2.27. The molecule has 0 aromatic heterocycles. The molecule has 1 aromatic rings. The molecular weight excluding hydrogens is 302 g/mol. The quantitative estimate of drug-likeness (QED) is 0.885. The number of amides is 3. The zero-order chi connectivity index (χ0) is 16.3. The molecule has 1 aliphatic rings. The van der Waals surface area contributed by atoms with Crippen LogP contribution in [0.1, 0.15) is 18.1 Å². The molecule has 0 radical (unpaired) electrons. The van der Waals surface area contributed by atoms with Gasteiger partial charge in [-0.3, -0.25) is 14.4 Å². The summed E-state index contributed by atoms with van der Waals surface area (Å²) in [5.74, 6) is 0.574. The number of rotatable bonds is 4. The Morgan fingerprint density at radius 1 is 1.27 bits per heavy atom. The van der Waals surface area contributed by atoms with Crippen molar-refractivity contribution in [3.05, 3.63) is 23.3 Å². The van der Waals surface area contributed by atoms with Crippen LogP contribution in [-0.2, 0) is 14.4 Å². The van der Waals surface area contributed by atoms with Crippen LogP contribution in [0, 0.1) is 13.8 Å². The molecule has 3 amide bonds. The smallest absolute Gasteiger partial charge is 0.244 e. The number of carbonyl (C=O) groups is 3. The Kier molecular flexibility index (Phi) is 5.07. The predicted octanol–water partition coefficient (Wildman–Crippen LogP) is 1.73. The lowest BCUT2D eigenvalue weighted by Gasteiger charge is -2.17. The van der Waals surface area contributed by atoms with Crippen molar-refractivity contribution in [2.45, 2.75) is 20.8 Å². The maximum atomic E-state index is 12.1. The van der Waals surface area contributed by atoms with Gasteiger partial charge in [-0.25, -0.2) is 0 Å². The number of nitrogens with zero attached hydrogens (tertiary/aromatic N) is 1. The van der Waals surface area contributed by atoms with E-state index < -0.39 is 0 Å². The molecule has 0 unspecified atom stereocenters. The third-order valence-corrected chi connectivity index (χ3v) is 4.35. The molecule has 0 aliphatic carbocycles. The number of thioether (sulfide) groups is 1. The Balaban J connectivity index is 2.10. The molecule has 0 saturated carbocycles. The van der Waals surface area contributed by atoms with E-state index in [-0.39, 0.29) is 24.3 Å². The number of carbonyl (C=O) groups excluding carboxylic acids is 3. The highest BCUT2D eigenvalue weighted by molar-refractivity contribution is 8.00. The number of hydrogen-bond acceptors (Lipinski definition) is 4.